The van der Waals surface area contributed by atoms with E-state index in [9.17, 15) is 13.9 Å². The second-order valence-electron chi connectivity index (χ2n) is 3.57. The number of rotatable bonds is 1. The average Bonchev–Trinajstić information content (AvgIpc) is 1.82. The molecule has 2 atom stereocenters. The lowest BCUT2D eigenvalue weighted by Crippen LogP contribution is -2.48. The molecule has 4 heteroatoms. The van der Waals surface area contributed by atoms with Gasteiger partial charge in [-0.3, -0.25) is 0 Å². The van der Waals surface area contributed by atoms with Gasteiger partial charge < -0.3 is 9.84 Å². The molecule has 1 saturated heterocycles. The highest BCUT2D eigenvalue weighted by molar-refractivity contribution is 4.89. The molecule has 0 aromatic carbocycles. The first kappa shape index (κ1) is 9.86. The number of halogens is 2. The van der Waals surface area contributed by atoms with Crippen LogP contribution in [0, 0.1) is 0 Å². The number of hydrogen-bond donors (Lipinski definition) is 1. The first-order valence-electron chi connectivity index (χ1n) is 4.10. The molecular formula is C8H14F2O2. The summed E-state index contributed by atoms with van der Waals surface area (Å²) in [4.78, 5) is 0. The molecule has 1 heterocycles. The molecule has 72 valence electrons. The fourth-order valence-corrected chi connectivity index (χ4v) is 1.75. The maximum absolute atomic E-state index is 12.3. The van der Waals surface area contributed by atoms with Crippen LogP contribution in [-0.4, -0.2) is 29.3 Å². The van der Waals surface area contributed by atoms with Crippen molar-refractivity contribution in [3.63, 3.8) is 0 Å². The number of alkyl halides is 2. The van der Waals surface area contributed by atoms with Crippen LogP contribution in [0.2, 0.25) is 0 Å². The van der Waals surface area contributed by atoms with Crippen molar-refractivity contribution >= 4 is 0 Å². The van der Waals surface area contributed by atoms with Crippen molar-refractivity contribution in [2.75, 3.05) is 0 Å². The third-order valence-corrected chi connectivity index (χ3v) is 2.15. The number of ether oxygens (including phenoxy) is 1. The predicted molar refractivity (Wildman–Crippen MR) is 40.2 cm³/mol. The smallest absolute Gasteiger partial charge is 0.267 e. The van der Waals surface area contributed by atoms with Gasteiger partial charge in [-0.25, -0.2) is 8.78 Å². The zero-order valence-electron chi connectivity index (χ0n) is 7.26. The van der Waals surface area contributed by atoms with Gasteiger partial charge in [0.15, 0.2) is 0 Å². The number of hydrogen-bond acceptors (Lipinski definition) is 2. The van der Waals surface area contributed by atoms with Gasteiger partial charge in [-0.15, -0.1) is 0 Å². The summed E-state index contributed by atoms with van der Waals surface area (Å²) >= 11 is 0. The summed E-state index contributed by atoms with van der Waals surface area (Å²) in [6.45, 7) is 3.39. The molecule has 2 unspecified atom stereocenters. The molecule has 0 aliphatic carbocycles. The van der Waals surface area contributed by atoms with Gasteiger partial charge in [-0.05, 0) is 13.8 Å². The highest BCUT2D eigenvalue weighted by Crippen LogP contribution is 2.33. The van der Waals surface area contributed by atoms with E-state index in [2.05, 4.69) is 0 Å². The summed E-state index contributed by atoms with van der Waals surface area (Å²) in [5, 5.41) is 9.46. The van der Waals surface area contributed by atoms with Gasteiger partial charge in [-0.1, -0.05) is 0 Å². The van der Waals surface area contributed by atoms with Crippen LogP contribution in [0.4, 0.5) is 8.78 Å². The van der Waals surface area contributed by atoms with Crippen molar-refractivity contribution in [3.8, 4) is 0 Å². The highest BCUT2D eigenvalue weighted by Gasteiger charge is 2.44. The van der Waals surface area contributed by atoms with E-state index in [1.54, 1.807) is 13.8 Å². The first-order valence-corrected chi connectivity index (χ1v) is 4.10. The second-order valence-corrected chi connectivity index (χ2v) is 3.57. The van der Waals surface area contributed by atoms with Gasteiger partial charge in [0.05, 0.1) is 12.2 Å². The Morgan fingerprint density at radius 1 is 1.33 bits per heavy atom. The largest absolute Gasteiger partial charge is 0.384 e. The Morgan fingerprint density at radius 3 is 2.08 bits per heavy atom. The molecule has 0 saturated carbocycles. The van der Waals surface area contributed by atoms with Crippen molar-refractivity contribution in [2.24, 2.45) is 0 Å². The van der Waals surface area contributed by atoms with Crippen LogP contribution in [0.5, 0.6) is 0 Å². The molecule has 1 rings (SSSR count). The standard InChI is InChI=1S/C8H14F2O2/c1-5-3-8(11,7(9)10)4-6(2)12-5/h5-7,11H,3-4H2,1-2H3. The summed E-state index contributed by atoms with van der Waals surface area (Å²) in [5.74, 6) is 0. The summed E-state index contributed by atoms with van der Waals surface area (Å²) < 4.78 is 29.9. The van der Waals surface area contributed by atoms with Crippen molar-refractivity contribution in [3.05, 3.63) is 0 Å². The summed E-state index contributed by atoms with van der Waals surface area (Å²) in [5.41, 5.74) is -1.84. The molecule has 1 fully saturated rings. The Morgan fingerprint density at radius 2 is 1.75 bits per heavy atom. The summed E-state index contributed by atoms with van der Waals surface area (Å²) in [6.07, 6.45) is -3.20. The zero-order chi connectivity index (χ0) is 9.35. The summed E-state index contributed by atoms with van der Waals surface area (Å²) in [6, 6.07) is 0. The first-order chi connectivity index (χ1) is 5.44. The highest BCUT2D eigenvalue weighted by atomic mass is 19.3. The van der Waals surface area contributed by atoms with E-state index in [0.717, 1.165) is 0 Å². The van der Waals surface area contributed by atoms with Crippen molar-refractivity contribution in [1.82, 2.24) is 0 Å². The van der Waals surface area contributed by atoms with Crippen LogP contribution in [0.25, 0.3) is 0 Å². The van der Waals surface area contributed by atoms with Gasteiger partial charge in [0.25, 0.3) is 6.43 Å². The molecule has 1 aliphatic rings. The minimum absolute atomic E-state index is 0.0228. The predicted octanol–water partition coefficient (Wildman–Crippen LogP) is 1.57. The van der Waals surface area contributed by atoms with E-state index in [0.29, 0.717) is 0 Å². The fraction of sp³-hybridized carbons (Fsp3) is 1.00. The Kier molecular flexibility index (Phi) is 2.68. The molecule has 0 radical (unpaired) electrons. The molecule has 0 amide bonds. The van der Waals surface area contributed by atoms with E-state index in [-0.39, 0.29) is 25.0 Å². The van der Waals surface area contributed by atoms with E-state index in [1.165, 1.54) is 0 Å². The van der Waals surface area contributed by atoms with E-state index < -0.39 is 12.0 Å². The Bertz CT molecular complexity index is 151. The lowest BCUT2D eigenvalue weighted by atomic mass is 9.88. The Hall–Kier alpha value is -0.220. The molecule has 1 aliphatic heterocycles. The van der Waals surface area contributed by atoms with Gasteiger partial charge in [0.2, 0.25) is 0 Å². The van der Waals surface area contributed by atoms with Crippen molar-refractivity contribution < 1.29 is 18.6 Å². The molecular weight excluding hydrogens is 166 g/mol. The van der Waals surface area contributed by atoms with Crippen LogP contribution < -0.4 is 0 Å². The van der Waals surface area contributed by atoms with Crippen LogP contribution >= 0.6 is 0 Å². The van der Waals surface area contributed by atoms with E-state index in [1.807, 2.05) is 0 Å². The molecule has 0 aromatic rings. The SMILES string of the molecule is CC1CC(O)(C(F)F)CC(C)O1. The normalized spacial score (nSPS) is 43.5. The Balaban J connectivity index is 2.65. The van der Waals surface area contributed by atoms with Crippen LogP contribution in [0.15, 0.2) is 0 Å². The maximum Gasteiger partial charge on any atom is 0.267 e. The van der Waals surface area contributed by atoms with Crippen LogP contribution in [0.3, 0.4) is 0 Å². The topological polar surface area (TPSA) is 29.5 Å². The Labute approximate surface area is 70.5 Å². The van der Waals surface area contributed by atoms with Gasteiger partial charge >= 0.3 is 0 Å². The van der Waals surface area contributed by atoms with Crippen molar-refractivity contribution in [1.29, 1.82) is 0 Å². The minimum atomic E-state index is -2.67. The van der Waals surface area contributed by atoms with E-state index in [4.69, 9.17) is 4.74 Å². The van der Waals surface area contributed by atoms with Crippen LogP contribution in [0.1, 0.15) is 26.7 Å². The monoisotopic (exact) mass is 180 g/mol. The third kappa shape index (κ3) is 1.93. The molecule has 2 nitrogen and oxygen atoms in total. The summed E-state index contributed by atoms with van der Waals surface area (Å²) in [7, 11) is 0. The lowest BCUT2D eigenvalue weighted by molar-refractivity contribution is -0.186. The third-order valence-electron chi connectivity index (χ3n) is 2.15. The van der Waals surface area contributed by atoms with Crippen molar-refractivity contribution in [2.45, 2.75) is 50.9 Å². The van der Waals surface area contributed by atoms with Gasteiger partial charge in [0, 0.05) is 12.8 Å². The quantitative estimate of drug-likeness (QED) is 0.663. The van der Waals surface area contributed by atoms with Gasteiger partial charge in [0.1, 0.15) is 5.60 Å². The molecule has 12 heavy (non-hydrogen) atoms. The molecule has 1 N–H and O–H groups in total. The fourth-order valence-electron chi connectivity index (χ4n) is 1.75. The average molecular weight is 180 g/mol. The minimum Gasteiger partial charge on any atom is -0.384 e. The maximum atomic E-state index is 12.3. The molecule has 0 bridgehead atoms. The van der Waals surface area contributed by atoms with Crippen LogP contribution in [-0.2, 0) is 4.74 Å². The van der Waals surface area contributed by atoms with E-state index >= 15 is 0 Å². The molecule has 0 aromatic heterocycles. The zero-order valence-corrected chi connectivity index (χ0v) is 7.26. The van der Waals surface area contributed by atoms with Gasteiger partial charge in [-0.2, -0.15) is 0 Å². The number of aliphatic hydroxyl groups is 1. The molecule has 0 spiro atoms. The lowest BCUT2D eigenvalue weighted by Gasteiger charge is -2.38. The second kappa shape index (κ2) is 3.26.